The number of carboxylic acid groups (broad SMARTS) is 1. The van der Waals surface area contributed by atoms with Gasteiger partial charge in [0.15, 0.2) is 0 Å². The van der Waals surface area contributed by atoms with Gasteiger partial charge in [-0.15, -0.1) is 11.3 Å². The maximum atomic E-state index is 12.6. The molecule has 0 amide bonds. The van der Waals surface area contributed by atoms with E-state index in [2.05, 4.69) is 0 Å². The summed E-state index contributed by atoms with van der Waals surface area (Å²) < 4.78 is 63.5. The lowest BCUT2D eigenvalue weighted by Crippen LogP contribution is -2.13. The molecule has 0 aliphatic heterocycles. The number of halogens is 3. The highest BCUT2D eigenvalue weighted by atomic mass is 32.2. The van der Waals surface area contributed by atoms with E-state index in [0.717, 1.165) is 23.6 Å². The SMILES string of the molecule is O=C(O)c1csc(S(=O)(=O)Nc2cccc(C(F)(F)F)c2)c1. The van der Waals surface area contributed by atoms with Crippen LogP contribution in [0.1, 0.15) is 15.9 Å². The van der Waals surface area contributed by atoms with Gasteiger partial charge in [0.1, 0.15) is 4.21 Å². The van der Waals surface area contributed by atoms with Gasteiger partial charge in [-0.2, -0.15) is 13.2 Å². The molecule has 0 fully saturated rings. The first kappa shape index (κ1) is 16.3. The molecule has 2 aromatic rings. The number of hydrogen-bond donors (Lipinski definition) is 2. The maximum absolute atomic E-state index is 12.6. The molecule has 0 radical (unpaired) electrons. The van der Waals surface area contributed by atoms with Gasteiger partial charge in [-0.1, -0.05) is 6.07 Å². The standard InChI is InChI=1S/C12H8F3NO4S2/c13-12(14,15)8-2-1-3-9(5-8)16-22(19,20)10-4-7(6-21-10)11(17)18/h1-6,16H,(H,17,18). The normalized spacial score (nSPS) is 12.1. The molecule has 1 aromatic heterocycles. The Bertz CT molecular complexity index is 812. The smallest absolute Gasteiger partial charge is 0.416 e. The molecule has 118 valence electrons. The van der Waals surface area contributed by atoms with Crippen molar-refractivity contribution in [2.75, 3.05) is 4.72 Å². The van der Waals surface area contributed by atoms with Gasteiger partial charge in [-0.05, 0) is 24.3 Å². The van der Waals surface area contributed by atoms with Crippen molar-refractivity contribution in [2.24, 2.45) is 0 Å². The van der Waals surface area contributed by atoms with Crippen molar-refractivity contribution < 1.29 is 31.5 Å². The number of alkyl halides is 3. The van der Waals surface area contributed by atoms with Crippen molar-refractivity contribution in [3.05, 3.63) is 46.8 Å². The number of thiophene rings is 1. The second-order valence-corrected chi connectivity index (χ2v) is 6.96. The summed E-state index contributed by atoms with van der Waals surface area (Å²) in [6.45, 7) is 0. The van der Waals surface area contributed by atoms with E-state index in [1.165, 1.54) is 6.07 Å². The van der Waals surface area contributed by atoms with E-state index < -0.39 is 27.7 Å². The van der Waals surface area contributed by atoms with Gasteiger partial charge in [0, 0.05) is 11.1 Å². The molecule has 0 bridgehead atoms. The number of benzene rings is 1. The molecule has 1 aromatic carbocycles. The Hall–Kier alpha value is -2.07. The molecule has 10 heteroatoms. The summed E-state index contributed by atoms with van der Waals surface area (Å²) in [5, 5.41) is 9.87. The Balaban J connectivity index is 2.30. The average molecular weight is 351 g/mol. The summed E-state index contributed by atoms with van der Waals surface area (Å²) in [6.07, 6.45) is -4.60. The molecule has 0 saturated carbocycles. The first-order valence-corrected chi connectivity index (χ1v) is 7.98. The summed E-state index contributed by atoms with van der Waals surface area (Å²) >= 11 is 0.660. The summed E-state index contributed by atoms with van der Waals surface area (Å²) in [5.41, 5.74) is -1.47. The monoisotopic (exact) mass is 351 g/mol. The fourth-order valence-electron chi connectivity index (χ4n) is 1.53. The van der Waals surface area contributed by atoms with E-state index in [9.17, 15) is 26.4 Å². The lowest BCUT2D eigenvalue weighted by molar-refractivity contribution is -0.137. The van der Waals surface area contributed by atoms with Crippen molar-refractivity contribution in [1.29, 1.82) is 0 Å². The molecule has 0 aliphatic carbocycles. The minimum atomic E-state index is -4.60. The fourth-order valence-corrected chi connectivity index (χ4v) is 3.74. The molecule has 0 unspecified atom stereocenters. The van der Waals surface area contributed by atoms with Crippen LogP contribution < -0.4 is 4.72 Å². The first-order chi connectivity index (χ1) is 10.1. The Morgan fingerprint density at radius 3 is 2.45 bits per heavy atom. The predicted octanol–water partition coefficient (Wildman–Crippen LogP) is 3.27. The Morgan fingerprint density at radius 2 is 1.91 bits per heavy atom. The van der Waals surface area contributed by atoms with Gasteiger partial charge in [-0.3, -0.25) is 4.72 Å². The topological polar surface area (TPSA) is 83.5 Å². The zero-order valence-corrected chi connectivity index (χ0v) is 12.2. The van der Waals surface area contributed by atoms with E-state index in [1.807, 2.05) is 4.72 Å². The highest BCUT2D eigenvalue weighted by Gasteiger charge is 2.30. The number of nitrogens with one attached hydrogen (secondary N) is 1. The van der Waals surface area contributed by atoms with Gasteiger partial charge in [0.25, 0.3) is 10.0 Å². The molecule has 2 N–H and O–H groups in total. The van der Waals surface area contributed by atoms with Crippen molar-refractivity contribution in [3.8, 4) is 0 Å². The summed E-state index contributed by atoms with van der Waals surface area (Å²) in [4.78, 5) is 10.7. The predicted molar refractivity (Wildman–Crippen MR) is 73.5 cm³/mol. The van der Waals surface area contributed by atoms with E-state index >= 15 is 0 Å². The second-order valence-electron chi connectivity index (χ2n) is 4.14. The Kier molecular flexibility index (Phi) is 4.16. The van der Waals surface area contributed by atoms with Crippen LogP contribution in [-0.4, -0.2) is 19.5 Å². The highest BCUT2D eigenvalue weighted by Crippen LogP contribution is 2.31. The summed E-state index contributed by atoms with van der Waals surface area (Å²) in [5.74, 6) is -1.29. The molecular formula is C12H8F3NO4S2. The van der Waals surface area contributed by atoms with Crippen molar-refractivity contribution >= 4 is 33.0 Å². The van der Waals surface area contributed by atoms with Crippen LogP contribution in [0.3, 0.4) is 0 Å². The fraction of sp³-hybridized carbons (Fsp3) is 0.0833. The second kappa shape index (κ2) is 5.61. The Labute approximate surface area is 127 Å². The van der Waals surface area contributed by atoms with E-state index in [4.69, 9.17) is 5.11 Å². The summed E-state index contributed by atoms with van der Waals surface area (Å²) in [7, 11) is -4.15. The minimum Gasteiger partial charge on any atom is -0.478 e. The third-order valence-corrected chi connectivity index (χ3v) is 5.35. The molecule has 0 atom stereocenters. The minimum absolute atomic E-state index is 0.214. The third kappa shape index (κ3) is 3.57. The van der Waals surface area contributed by atoms with Crippen molar-refractivity contribution in [2.45, 2.75) is 10.4 Å². The van der Waals surface area contributed by atoms with Gasteiger partial charge in [-0.25, -0.2) is 13.2 Å². The summed E-state index contributed by atoms with van der Waals surface area (Å²) in [6, 6.07) is 4.63. The zero-order valence-electron chi connectivity index (χ0n) is 10.6. The van der Waals surface area contributed by atoms with Crippen molar-refractivity contribution in [3.63, 3.8) is 0 Å². The van der Waals surface area contributed by atoms with E-state index in [1.54, 1.807) is 0 Å². The number of aromatic carboxylic acids is 1. The van der Waals surface area contributed by atoms with Gasteiger partial charge in [0.2, 0.25) is 0 Å². The molecule has 5 nitrogen and oxygen atoms in total. The molecule has 0 saturated heterocycles. The Morgan fingerprint density at radius 1 is 1.23 bits per heavy atom. The average Bonchev–Trinajstić information content (AvgIpc) is 2.88. The largest absolute Gasteiger partial charge is 0.478 e. The number of sulfonamides is 1. The van der Waals surface area contributed by atoms with Gasteiger partial charge >= 0.3 is 12.1 Å². The molecule has 2 rings (SSSR count). The van der Waals surface area contributed by atoms with E-state index in [-0.39, 0.29) is 15.5 Å². The van der Waals surface area contributed by atoms with Crippen LogP contribution in [0.25, 0.3) is 0 Å². The number of rotatable bonds is 4. The number of carbonyl (C=O) groups is 1. The molecule has 0 spiro atoms. The van der Waals surface area contributed by atoms with Crippen LogP contribution in [0.4, 0.5) is 18.9 Å². The number of hydrogen-bond acceptors (Lipinski definition) is 4. The molecule has 0 aliphatic rings. The molecule has 1 heterocycles. The lowest BCUT2D eigenvalue weighted by Gasteiger charge is -2.10. The maximum Gasteiger partial charge on any atom is 0.416 e. The zero-order chi connectivity index (χ0) is 16.5. The van der Waals surface area contributed by atoms with Gasteiger partial charge < -0.3 is 5.11 Å². The van der Waals surface area contributed by atoms with Crippen LogP contribution in [0.5, 0.6) is 0 Å². The van der Waals surface area contributed by atoms with E-state index in [0.29, 0.717) is 17.4 Å². The number of carboxylic acids is 1. The quantitative estimate of drug-likeness (QED) is 0.886. The number of anilines is 1. The van der Waals surface area contributed by atoms with Crippen LogP contribution in [-0.2, 0) is 16.2 Å². The molecular weight excluding hydrogens is 343 g/mol. The van der Waals surface area contributed by atoms with Crippen molar-refractivity contribution in [1.82, 2.24) is 0 Å². The van der Waals surface area contributed by atoms with Crippen LogP contribution in [0, 0.1) is 0 Å². The third-order valence-electron chi connectivity index (χ3n) is 2.53. The highest BCUT2D eigenvalue weighted by molar-refractivity contribution is 7.94. The van der Waals surface area contributed by atoms with Crippen LogP contribution in [0.15, 0.2) is 39.9 Å². The van der Waals surface area contributed by atoms with Gasteiger partial charge in [0.05, 0.1) is 11.1 Å². The van der Waals surface area contributed by atoms with Crippen LogP contribution in [0.2, 0.25) is 0 Å². The lowest BCUT2D eigenvalue weighted by atomic mass is 10.2. The van der Waals surface area contributed by atoms with Crippen LogP contribution >= 0.6 is 11.3 Å². The molecule has 22 heavy (non-hydrogen) atoms. The first-order valence-electron chi connectivity index (χ1n) is 5.61.